The van der Waals surface area contributed by atoms with Crippen molar-refractivity contribution in [1.29, 1.82) is 0 Å². The first kappa shape index (κ1) is 12.5. The standard InChI is InChI=1S/C12H11FN4O3/c13-16-11(10(7-18)20-12(16)19)8-1-3-9(4-2-8)17-14-5-6-15-17/h1-6,10-11,18H,7H2. The fourth-order valence-corrected chi connectivity index (χ4v) is 2.14. The molecular weight excluding hydrogens is 267 g/mol. The first-order valence-electron chi connectivity index (χ1n) is 5.94. The van der Waals surface area contributed by atoms with Crippen LogP contribution < -0.4 is 0 Å². The molecule has 2 atom stereocenters. The highest BCUT2D eigenvalue weighted by atomic mass is 19.2. The second-order valence-corrected chi connectivity index (χ2v) is 4.27. The number of halogens is 1. The molecule has 0 spiro atoms. The van der Waals surface area contributed by atoms with Crippen LogP contribution in [0.3, 0.4) is 0 Å². The highest BCUT2D eigenvalue weighted by Crippen LogP contribution is 2.33. The maximum Gasteiger partial charge on any atom is 0.439 e. The lowest BCUT2D eigenvalue weighted by atomic mass is 10.0. The largest absolute Gasteiger partial charge is 0.439 e. The van der Waals surface area contributed by atoms with Gasteiger partial charge in [-0.2, -0.15) is 15.0 Å². The van der Waals surface area contributed by atoms with Crippen LogP contribution in [-0.4, -0.2) is 44.0 Å². The van der Waals surface area contributed by atoms with E-state index in [1.807, 2.05) is 0 Å². The molecule has 0 saturated carbocycles. The van der Waals surface area contributed by atoms with Crippen molar-refractivity contribution in [1.82, 2.24) is 20.1 Å². The lowest BCUT2D eigenvalue weighted by Gasteiger charge is -2.17. The molecule has 1 fully saturated rings. The summed E-state index contributed by atoms with van der Waals surface area (Å²) < 4.78 is 18.4. The van der Waals surface area contributed by atoms with Crippen LogP contribution in [0, 0.1) is 0 Å². The Hall–Kier alpha value is -2.48. The molecule has 0 bridgehead atoms. The van der Waals surface area contributed by atoms with Gasteiger partial charge in [0, 0.05) is 0 Å². The summed E-state index contributed by atoms with van der Waals surface area (Å²) >= 11 is 0. The average Bonchev–Trinajstić information content (AvgIpc) is 3.09. The molecule has 0 radical (unpaired) electrons. The summed E-state index contributed by atoms with van der Waals surface area (Å²) in [7, 11) is 0. The second kappa shape index (κ2) is 4.89. The number of ether oxygens (including phenoxy) is 1. The summed E-state index contributed by atoms with van der Waals surface area (Å²) in [5, 5.41) is 17.1. The Labute approximate surface area is 113 Å². The van der Waals surface area contributed by atoms with Crippen molar-refractivity contribution >= 4 is 6.09 Å². The normalized spacial score (nSPS) is 22.1. The van der Waals surface area contributed by atoms with Gasteiger partial charge in [0.25, 0.3) is 0 Å². The summed E-state index contributed by atoms with van der Waals surface area (Å²) in [5.41, 5.74) is 1.23. The molecule has 3 rings (SSSR count). The van der Waals surface area contributed by atoms with Crippen molar-refractivity contribution in [2.24, 2.45) is 0 Å². The average molecular weight is 278 g/mol. The SMILES string of the molecule is O=C1OC(CO)C(c2ccc(-n3nccn3)cc2)N1F. The molecule has 8 heteroatoms. The topological polar surface area (TPSA) is 80.5 Å². The van der Waals surface area contributed by atoms with Crippen molar-refractivity contribution < 1.29 is 19.1 Å². The number of carbonyl (C=O) groups excluding carboxylic acids is 1. The number of aromatic nitrogens is 3. The molecule has 1 aliphatic heterocycles. The zero-order valence-electron chi connectivity index (χ0n) is 10.3. The van der Waals surface area contributed by atoms with E-state index >= 15 is 0 Å². The minimum atomic E-state index is -1.09. The third-order valence-corrected chi connectivity index (χ3v) is 3.09. The van der Waals surface area contributed by atoms with Crippen molar-refractivity contribution in [2.45, 2.75) is 12.1 Å². The molecule has 2 heterocycles. The van der Waals surface area contributed by atoms with Crippen molar-refractivity contribution in [3.8, 4) is 5.69 Å². The van der Waals surface area contributed by atoms with Gasteiger partial charge in [0.15, 0.2) is 6.10 Å². The van der Waals surface area contributed by atoms with Gasteiger partial charge in [0.1, 0.15) is 6.04 Å². The van der Waals surface area contributed by atoms with E-state index in [1.54, 1.807) is 36.7 Å². The Morgan fingerprint density at radius 3 is 2.50 bits per heavy atom. The molecule has 1 saturated heterocycles. The molecule has 7 nitrogen and oxygen atoms in total. The van der Waals surface area contributed by atoms with Crippen LogP contribution in [0.4, 0.5) is 9.28 Å². The first-order chi connectivity index (χ1) is 9.70. The highest BCUT2D eigenvalue weighted by molar-refractivity contribution is 5.69. The molecule has 2 unspecified atom stereocenters. The van der Waals surface area contributed by atoms with Gasteiger partial charge < -0.3 is 9.84 Å². The summed E-state index contributed by atoms with van der Waals surface area (Å²) in [4.78, 5) is 12.6. The summed E-state index contributed by atoms with van der Waals surface area (Å²) in [6.07, 6.45) is 1.08. The lowest BCUT2D eigenvalue weighted by molar-refractivity contribution is 0.0388. The number of aliphatic hydroxyl groups excluding tert-OH is 1. The van der Waals surface area contributed by atoms with Crippen molar-refractivity contribution in [3.05, 3.63) is 42.2 Å². The van der Waals surface area contributed by atoms with Crippen LogP contribution in [0.25, 0.3) is 5.69 Å². The number of hydrogen-bond acceptors (Lipinski definition) is 5. The molecule has 104 valence electrons. The fourth-order valence-electron chi connectivity index (χ4n) is 2.14. The van der Waals surface area contributed by atoms with E-state index in [4.69, 9.17) is 9.84 Å². The number of aliphatic hydroxyl groups is 1. The Bertz CT molecular complexity index is 602. The summed E-state index contributed by atoms with van der Waals surface area (Å²) in [6, 6.07) is 5.72. The predicted molar refractivity (Wildman–Crippen MR) is 64.4 cm³/mol. The third kappa shape index (κ3) is 1.99. The molecule has 1 aromatic heterocycles. The van der Waals surface area contributed by atoms with E-state index in [1.165, 1.54) is 4.80 Å². The van der Waals surface area contributed by atoms with Crippen LogP contribution >= 0.6 is 0 Å². The molecule has 1 amide bonds. The highest BCUT2D eigenvalue weighted by Gasteiger charge is 2.43. The van der Waals surface area contributed by atoms with E-state index in [0.29, 0.717) is 11.3 Å². The van der Waals surface area contributed by atoms with Gasteiger partial charge in [-0.05, 0) is 17.7 Å². The fraction of sp³-hybridized carbons (Fsp3) is 0.250. The van der Waals surface area contributed by atoms with E-state index < -0.39 is 24.8 Å². The van der Waals surface area contributed by atoms with Crippen LogP contribution in [0.5, 0.6) is 0 Å². The van der Waals surface area contributed by atoms with Crippen LogP contribution in [-0.2, 0) is 4.74 Å². The molecule has 2 aromatic rings. The molecule has 1 aromatic carbocycles. The molecule has 1 aliphatic rings. The second-order valence-electron chi connectivity index (χ2n) is 4.27. The van der Waals surface area contributed by atoms with Gasteiger partial charge in [-0.25, -0.2) is 4.79 Å². The molecule has 20 heavy (non-hydrogen) atoms. The van der Waals surface area contributed by atoms with Crippen LogP contribution in [0.2, 0.25) is 0 Å². The number of nitrogens with zero attached hydrogens (tertiary/aromatic N) is 4. The Morgan fingerprint density at radius 2 is 1.90 bits per heavy atom. The van der Waals surface area contributed by atoms with Crippen LogP contribution in [0.1, 0.15) is 11.6 Å². The van der Waals surface area contributed by atoms with Gasteiger partial charge >= 0.3 is 6.09 Å². The Balaban J connectivity index is 1.89. The van der Waals surface area contributed by atoms with Crippen molar-refractivity contribution in [2.75, 3.05) is 6.61 Å². The van der Waals surface area contributed by atoms with Gasteiger partial charge in [-0.3, -0.25) is 0 Å². The monoisotopic (exact) mass is 278 g/mol. The number of benzene rings is 1. The van der Waals surface area contributed by atoms with E-state index in [2.05, 4.69) is 10.2 Å². The number of carbonyl (C=O) groups is 1. The summed E-state index contributed by atoms with van der Waals surface area (Å²) in [5.74, 6) is 0. The van der Waals surface area contributed by atoms with Gasteiger partial charge in [0.2, 0.25) is 0 Å². The smallest absolute Gasteiger partial charge is 0.439 e. The maximum absolute atomic E-state index is 13.7. The number of rotatable bonds is 3. The Morgan fingerprint density at radius 1 is 1.25 bits per heavy atom. The number of amides is 1. The van der Waals surface area contributed by atoms with Gasteiger partial charge in [-0.15, -0.1) is 5.12 Å². The summed E-state index contributed by atoms with van der Waals surface area (Å²) in [6.45, 7) is -0.445. The van der Waals surface area contributed by atoms with Crippen molar-refractivity contribution in [3.63, 3.8) is 0 Å². The number of hydrogen-bond donors (Lipinski definition) is 1. The molecule has 0 aliphatic carbocycles. The van der Waals surface area contributed by atoms with Gasteiger partial charge in [-0.1, -0.05) is 16.6 Å². The lowest BCUT2D eigenvalue weighted by Crippen LogP contribution is -2.24. The minimum absolute atomic E-state index is 0.0119. The maximum atomic E-state index is 13.7. The zero-order chi connectivity index (χ0) is 14.1. The third-order valence-electron chi connectivity index (χ3n) is 3.09. The molecular formula is C12H11FN4O3. The van der Waals surface area contributed by atoms with Crippen LogP contribution in [0.15, 0.2) is 36.7 Å². The number of cyclic esters (lactones) is 1. The predicted octanol–water partition coefficient (Wildman–Crippen LogP) is 1.01. The zero-order valence-corrected chi connectivity index (χ0v) is 10.3. The van der Waals surface area contributed by atoms with Gasteiger partial charge in [0.05, 0.1) is 24.7 Å². The Kier molecular flexibility index (Phi) is 3.07. The van der Waals surface area contributed by atoms with E-state index in [-0.39, 0.29) is 5.12 Å². The first-order valence-corrected chi connectivity index (χ1v) is 5.94. The molecule has 1 N–H and O–H groups in total. The van der Waals surface area contributed by atoms with E-state index in [0.717, 1.165) is 0 Å². The minimum Gasteiger partial charge on any atom is -0.439 e. The quantitative estimate of drug-likeness (QED) is 0.847. The van der Waals surface area contributed by atoms with E-state index in [9.17, 15) is 9.28 Å².